The van der Waals surface area contributed by atoms with Gasteiger partial charge in [0.05, 0.1) is 4.90 Å². The zero-order valence-electron chi connectivity index (χ0n) is 10.2. The average Bonchev–Trinajstić information content (AvgIpc) is 2.39. The summed E-state index contributed by atoms with van der Waals surface area (Å²) in [5, 5.41) is 0. The zero-order valence-corrected chi connectivity index (χ0v) is 11.0. The summed E-state index contributed by atoms with van der Waals surface area (Å²) < 4.78 is 49.4. The second-order valence-electron chi connectivity index (χ2n) is 4.14. The van der Waals surface area contributed by atoms with Gasteiger partial charge in [0.25, 0.3) is 0 Å². The molecule has 0 aliphatic carbocycles. The molecular formula is C14H10F2O3S. The van der Waals surface area contributed by atoms with Gasteiger partial charge < -0.3 is 0 Å². The number of hydrogen-bond acceptors (Lipinski definition) is 3. The molecule has 2 rings (SSSR count). The van der Waals surface area contributed by atoms with Gasteiger partial charge in [-0.3, -0.25) is 4.79 Å². The molecule has 0 spiro atoms. The monoisotopic (exact) mass is 296 g/mol. The SMILES string of the molecule is O=C(CS(=O)(=O)c1ccc(F)cc1)c1ccc(F)cc1. The molecule has 0 fully saturated rings. The molecule has 0 aliphatic heterocycles. The normalized spacial score (nSPS) is 11.3. The van der Waals surface area contributed by atoms with Crippen LogP contribution < -0.4 is 0 Å². The molecule has 2 aromatic carbocycles. The van der Waals surface area contributed by atoms with Gasteiger partial charge in [0.15, 0.2) is 15.6 Å². The van der Waals surface area contributed by atoms with Crippen molar-refractivity contribution in [1.29, 1.82) is 0 Å². The van der Waals surface area contributed by atoms with E-state index in [4.69, 9.17) is 0 Å². The average molecular weight is 296 g/mol. The Bertz CT molecular complexity index is 720. The van der Waals surface area contributed by atoms with Crippen LogP contribution in [0.3, 0.4) is 0 Å². The number of Topliss-reactive ketones (excluding diaryl/α,β-unsaturated/α-hetero) is 1. The Kier molecular flexibility index (Phi) is 3.94. The Morgan fingerprint density at radius 1 is 0.850 bits per heavy atom. The van der Waals surface area contributed by atoms with Gasteiger partial charge in [-0.2, -0.15) is 0 Å². The first kappa shape index (κ1) is 14.3. The molecule has 20 heavy (non-hydrogen) atoms. The van der Waals surface area contributed by atoms with E-state index in [1.165, 1.54) is 12.1 Å². The molecule has 0 aliphatic rings. The maximum Gasteiger partial charge on any atom is 0.185 e. The molecule has 104 valence electrons. The zero-order chi connectivity index (χ0) is 14.8. The van der Waals surface area contributed by atoms with Crippen molar-refractivity contribution in [3.05, 3.63) is 65.7 Å². The van der Waals surface area contributed by atoms with Crippen LogP contribution in [-0.2, 0) is 9.84 Å². The summed E-state index contributed by atoms with van der Waals surface area (Å²) in [5.74, 6) is -2.46. The maximum atomic E-state index is 12.7. The van der Waals surface area contributed by atoms with Gasteiger partial charge in [-0.15, -0.1) is 0 Å². The highest BCUT2D eigenvalue weighted by atomic mass is 32.2. The predicted octanol–water partition coefficient (Wildman–Crippen LogP) is 2.62. The largest absolute Gasteiger partial charge is 0.293 e. The fraction of sp³-hybridized carbons (Fsp3) is 0.0714. The van der Waals surface area contributed by atoms with Gasteiger partial charge in [-0.25, -0.2) is 17.2 Å². The van der Waals surface area contributed by atoms with E-state index >= 15 is 0 Å². The van der Waals surface area contributed by atoms with Crippen molar-refractivity contribution < 1.29 is 22.0 Å². The van der Waals surface area contributed by atoms with Crippen LogP contribution in [0.15, 0.2) is 53.4 Å². The summed E-state index contributed by atoms with van der Waals surface area (Å²) in [6.07, 6.45) is 0. The number of hydrogen-bond donors (Lipinski definition) is 0. The highest BCUT2D eigenvalue weighted by Crippen LogP contribution is 2.14. The second-order valence-corrected chi connectivity index (χ2v) is 6.13. The molecule has 0 N–H and O–H groups in total. The van der Waals surface area contributed by atoms with Crippen molar-refractivity contribution in [2.45, 2.75) is 4.90 Å². The van der Waals surface area contributed by atoms with Crippen molar-refractivity contribution >= 4 is 15.6 Å². The number of halogens is 2. The van der Waals surface area contributed by atoms with Crippen LogP contribution in [-0.4, -0.2) is 20.0 Å². The summed E-state index contributed by atoms with van der Waals surface area (Å²) >= 11 is 0. The Balaban J connectivity index is 2.22. The lowest BCUT2D eigenvalue weighted by molar-refractivity contribution is 0.102. The van der Waals surface area contributed by atoms with Crippen molar-refractivity contribution in [1.82, 2.24) is 0 Å². The van der Waals surface area contributed by atoms with E-state index in [0.717, 1.165) is 36.4 Å². The first-order valence-electron chi connectivity index (χ1n) is 5.65. The summed E-state index contributed by atoms with van der Waals surface area (Å²) in [5.41, 5.74) is 0.108. The number of benzene rings is 2. The van der Waals surface area contributed by atoms with E-state index in [0.29, 0.717) is 0 Å². The molecular weight excluding hydrogens is 286 g/mol. The van der Waals surface area contributed by atoms with Gasteiger partial charge in [0, 0.05) is 5.56 Å². The summed E-state index contributed by atoms with van der Waals surface area (Å²) in [4.78, 5) is 11.7. The minimum atomic E-state index is -3.84. The maximum absolute atomic E-state index is 12.7. The van der Waals surface area contributed by atoms with Gasteiger partial charge in [-0.05, 0) is 48.5 Å². The molecule has 0 aromatic heterocycles. The third-order valence-corrected chi connectivity index (χ3v) is 4.29. The molecule has 0 heterocycles. The highest BCUT2D eigenvalue weighted by Gasteiger charge is 2.20. The molecule has 3 nitrogen and oxygen atoms in total. The van der Waals surface area contributed by atoms with Crippen molar-refractivity contribution in [2.24, 2.45) is 0 Å². The molecule has 0 saturated carbocycles. The van der Waals surface area contributed by atoms with Crippen LogP contribution in [0.5, 0.6) is 0 Å². The van der Waals surface area contributed by atoms with Crippen LogP contribution in [0.2, 0.25) is 0 Å². The molecule has 0 radical (unpaired) electrons. The Morgan fingerprint density at radius 3 is 1.80 bits per heavy atom. The fourth-order valence-corrected chi connectivity index (χ4v) is 2.85. The van der Waals surface area contributed by atoms with Gasteiger partial charge in [-0.1, -0.05) is 0 Å². The lowest BCUT2D eigenvalue weighted by Gasteiger charge is -2.04. The van der Waals surface area contributed by atoms with E-state index in [1.807, 2.05) is 0 Å². The van der Waals surface area contributed by atoms with Gasteiger partial charge in [0.1, 0.15) is 17.4 Å². The Hall–Kier alpha value is -2.08. The van der Waals surface area contributed by atoms with Crippen molar-refractivity contribution in [3.63, 3.8) is 0 Å². The lowest BCUT2D eigenvalue weighted by atomic mass is 10.1. The van der Waals surface area contributed by atoms with Crippen LogP contribution in [0.4, 0.5) is 8.78 Å². The second kappa shape index (κ2) is 5.50. The molecule has 2 aromatic rings. The van der Waals surface area contributed by atoms with Crippen molar-refractivity contribution in [3.8, 4) is 0 Å². The molecule has 6 heteroatoms. The number of carbonyl (C=O) groups excluding carboxylic acids is 1. The Labute approximate surface area is 114 Å². The first-order valence-corrected chi connectivity index (χ1v) is 7.31. The smallest absolute Gasteiger partial charge is 0.185 e. The molecule has 0 amide bonds. The van der Waals surface area contributed by atoms with E-state index in [2.05, 4.69) is 0 Å². The molecule has 0 bridgehead atoms. The number of carbonyl (C=O) groups is 1. The first-order chi connectivity index (χ1) is 9.38. The lowest BCUT2D eigenvalue weighted by Crippen LogP contribution is -2.16. The topological polar surface area (TPSA) is 51.2 Å². The van der Waals surface area contributed by atoms with Crippen LogP contribution in [0, 0.1) is 11.6 Å². The van der Waals surface area contributed by atoms with E-state index in [9.17, 15) is 22.0 Å². The number of ketones is 1. The molecule has 0 saturated heterocycles. The quantitative estimate of drug-likeness (QED) is 0.644. The van der Waals surface area contributed by atoms with Crippen LogP contribution >= 0.6 is 0 Å². The third kappa shape index (κ3) is 3.27. The predicted molar refractivity (Wildman–Crippen MR) is 69.2 cm³/mol. The summed E-state index contributed by atoms with van der Waals surface area (Å²) in [7, 11) is -3.84. The highest BCUT2D eigenvalue weighted by molar-refractivity contribution is 7.92. The minimum Gasteiger partial charge on any atom is -0.293 e. The molecule has 0 unspecified atom stereocenters. The van der Waals surface area contributed by atoms with E-state index < -0.39 is 33.0 Å². The standard InChI is InChI=1S/C14H10F2O3S/c15-11-3-1-10(2-4-11)14(17)9-20(18,19)13-7-5-12(16)6-8-13/h1-8H,9H2. The number of sulfone groups is 1. The van der Waals surface area contributed by atoms with Gasteiger partial charge >= 0.3 is 0 Å². The van der Waals surface area contributed by atoms with Gasteiger partial charge in [0.2, 0.25) is 0 Å². The fourth-order valence-electron chi connectivity index (χ4n) is 1.62. The summed E-state index contributed by atoms with van der Waals surface area (Å²) in [6.45, 7) is 0. The Morgan fingerprint density at radius 2 is 1.30 bits per heavy atom. The van der Waals surface area contributed by atoms with Crippen molar-refractivity contribution in [2.75, 3.05) is 5.75 Å². The number of rotatable bonds is 4. The van der Waals surface area contributed by atoms with E-state index in [1.54, 1.807) is 0 Å². The third-order valence-electron chi connectivity index (χ3n) is 2.66. The van der Waals surface area contributed by atoms with E-state index in [-0.39, 0.29) is 10.5 Å². The minimum absolute atomic E-state index is 0.108. The van der Waals surface area contributed by atoms with Crippen LogP contribution in [0.25, 0.3) is 0 Å². The summed E-state index contributed by atoms with van der Waals surface area (Å²) in [6, 6.07) is 8.82. The van der Waals surface area contributed by atoms with Crippen LogP contribution in [0.1, 0.15) is 10.4 Å². The molecule has 0 atom stereocenters.